The summed E-state index contributed by atoms with van der Waals surface area (Å²) in [4.78, 5) is 14.7. The molecule has 0 aliphatic carbocycles. The first-order chi connectivity index (χ1) is 12.7. The molecule has 1 amide bonds. The smallest absolute Gasteiger partial charge is 0.253 e. The molecule has 0 unspecified atom stereocenters. The number of nitrogens with one attached hydrogen (secondary N) is 2. The molecule has 1 saturated heterocycles. The highest BCUT2D eigenvalue weighted by Crippen LogP contribution is 2.26. The topological polar surface area (TPSA) is 61.0 Å². The number of aromatic amines is 1. The van der Waals surface area contributed by atoms with Crippen LogP contribution in [-0.2, 0) is 0 Å². The molecule has 1 aliphatic rings. The summed E-state index contributed by atoms with van der Waals surface area (Å²) in [5, 5.41) is 11.5. The van der Waals surface area contributed by atoms with E-state index in [9.17, 15) is 4.79 Å². The van der Waals surface area contributed by atoms with Gasteiger partial charge in [-0.25, -0.2) is 0 Å². The molecule has 5 nitrogen and oxygen atoms in total. The number of likely N-dealkylation sites (tertiary alicyclic amines) is 1. The van der Waals surface area contributed by atoms with Crippen molar-refractivity contribution in [2.75, 3.05) is 18.4 Å². The van der Waals surface area contributed by atoms with Gasteiger partial charge < -0.3 is 10.2 Å². The normalized spacial score (nSPS) is 14.4. The molecule has 0 spiro atoms. The van der Waals surface area contributed by atoms with Gasteiger partial charge in [0.05, 0.1) is 5.52 Å². The molecule has 3 aromatic rings. The predicted octanol–water partition coefficient (Wildman–Crippen LogP) is 4.27. The molecular weight excluding hydrogens is 324 g/mol. The third kappa shape index (κ3) is 3.20. The van der Waals surface area contributed by atoms with E-state index >= 15 is 0 Å². The molecule has 0 saturated carbocycles. The first kappa shape index (κ1) is 16.4. The summed E-state index contributed by atoms with van der Waals surface area (Å²) in [5.74, 6) is 0.780. The Balaban J connectivity index is 1.60. The van der Waals surface area contributed by atoms with Crippen molar-refractivity contribution in [1.29, 1.82) is 0 Å². The second-order valence-electron chi connectivity index (χ2n) is 6.66. The minimum atomic E-state index is 0.0978. The van der Waals surface area contributed by atoms with Gasteiger partial charge in [0.2, 0.25) is 0 Å². The van der Waals surface area contributed by atoms with Gasteiger partial charge in [0.15, 0.2) is 5.82 Å². The number of carbonyl (C=O) groups excluding carboxylic acids is 1. The van der Waals surface area contributed by atoms with E-state index in [4.69, 9.17) is 0 Å². The van der Waals surface area contributed by atoms with Crippen molar-refractivity contribution in [1.82, 2.24) is 15.1 Å². The van der Waals surface area contributed by atoms with Crippen molar-refractivity contribution in [3.8, 4) is 0 Å². The summed E-state index contributed by atoms with van der Waals surface area (Å²) in [6.07, 6.45) is 3.38. The third-order valence-electron chi connectivity index (χ3n) is 4.84. The highest BCUT2D eigenvalue weighted by Gasteiger charge is 2.19. The number of hydrogen-bond acceptors (Lipinski definition) is 3. The Morgan fingerprint density at radius 2 is 1.81 bits per heavy atom. The average Bonchev–Trinajstić information content (AvgIpc) is 3.10. The Kier molecular flexibility index (Phi) is 4.44. The van der Waals surface area contributed by atoms with Crippen molar-refractivity contribution in [3.63, 3.8) is 0 Å². The standard InChI is InChI=1S/C21H22N4O/c1-15(16-8-4-2-5-9-16)22-20-18-14-17(10-11-19(18)23-24-20)21(26)25-12-6-3-7-13-25/h2,4-5,8-11,14H,1,3,6-7,12-13H2,(H2,22,23,24). The largest absolute Gasteiger partial charge is 0.339 e. The first-order valence-corrected chi connectivity index (χ1v) is 9.01. The van der Waals surface area contributed by atoms with E-state index in [2.05, 4.69) is 22.1 Å². The molecule has 4 rings (SSSR count). The van der Waals surface area contributed by atoms with Gasteiger partial charge in [-0.3, -0.25) is 9.89 Å². The van der Waals surface area contributed by atoms with E-state index in [0.717, 1.165) is 48.1 Å². The summed E-state index contributed by atoms with van der Waals surface area (Å²) in [6, 6.07) is 15.6. The second kappa shape index (κ2) is 7.04. The number of nitrogens with zero attached hydrogens (tertiary/aromatic N) is 2. The molecule has 2 heterocycles. The highest BCUT2D eigenvalue weighted by atomic mass is 16.2. The van der Waals surface area contributed by atoms with Gasteiger partial charge >= 0.3 is 0 Å². The molecule has 0 radical (unpaired) electrons. The predicted molar refractivity (Wildman–Crippen MR) is 105 cm³/mol. The maximum atomic E-state index is 12.8. The SMILES string of the molecule is C=C(Nc1n[nH]c2ccc(C(=O)N3CCCCC3)cc12)c1ccccc1. The quantitative estimate of drug-likeness (QED) is 0.741. The van der Waals surface area contributed by atoms with Crippen LogP contribution in [0.25, 0.3) is 16.6 Å². The number of rotatable bonds is 4. The Morgan fingerprint density at radius 3 is 2.58 bits per heavy atom. The molecule has 1 fully saturated rings. The monoisotopic (exact) mass is 346 g/mol. The fourth-order valence-electron chi connectivity index (χ4n) is 3.38. The number of H-pyrrole nitrogens is 1. The number of hydrogen-bond donors (Lipinski definition) is 2. The molecule has 1 aromatic heterocycles. The average molecular weight is 346 g/mol. The molecule has 1 aliphatic heterocycles. The Hall–Kier alpha value is -3.08. The van der Waals surface area contributed by atoms with Crippen LogP contribution >= 0.6 is 0 Å². The van der Waals surface area contributed by atoms with Crippen LogP contribution < -0.4 is 5.32 Å². The van der Waals surface area contributed by atoms with Crippen molar-refractivity contribution < 1.29 is 4.79 Å². The molecular formula is C21H22N4O. The van der Waals surface area contributed by atoms with Gasteiger partial charge in [0.25, 0.3) is 5.91 Å². The van der Waals surface area contributed by atoms with E-state index in [-0.39, 0.29) is 5.91 Å². The van der Waals surface area contributed by atoms with Crippen molar-refractivity contribution in [3.05, 3.63) is 66.2 Å². The second-order valence-corrected chi connectivity index (χ2v) is 6.66. The molecule has 0 atom stereocenters. The van der Waals surface area contributed by atoms with Crippen LogP contribution in [0.2, 0.25) is 0 Å². The van der Waals surface area contributed by atoms with Crippen LogP contribution in [0.4, 0.5) is 5.82 Å². The van der Waals surface area contributed by atoms with E-state index in [0.29, 0.717) is 11.4 Å². The van der Waals surface area contributed by atoms with Crippen LogP contribution in [0.1, 0.15) is 35.2 Å². The fourth-order valence-corrected chi connectivity index (χ4v) is 3.38. The van der Waals surface area contributed by atoms with Crippen molar-refractivity contribution >= 4 is 28.3 Å². The van der Waals surface area contributed by atoms with Gasteiger partial charge in [0.1, 0.15) is 0 Å². The number of benzene rings is 2. The molecule has 5 heteroatoms. The number of carbonyl (C=O) groups is 1. The number of fused-ring (bicyclic) bond motifs is 1. The summed E-state index contributed by atoms with van der Waals surface area (Å²) in [6.45, 7) is 5.79. The molecule has 2 N–H and O–H groups in total. The summed E-state index contributed by atoms with van der Waals surface area (Å²) in [5.41, 5.74) is 3.37. The highest BCUT2D eigenvalue weighted by molar-refractivity contribution is 6.01. The lowest BCUT2D eigenvalue weighted by Crippen LogP contribution is -2.35. The summed E-state index contributed by atoms with van der Waals surface area (Å²) >= 11 is 0. The zero-order valence-corrected chi connectivity index (χ0v) is 14.7. The van der Waals surface area contributed by atoms with Crippen LogP contribution in [0.15, 0.2) is 55.1 Å². The number of aromatic nitrogens is 2. The minimum Gasteiger partial charge on any atom is -0.339 e. The van der Waals surface area contributed by atoms with Crippen LogP contribution in [0.5, 0.6) is 0 Å². The Morgan fingerprint density at radius 1 is 1.04 bits per heavy atom. The first-order valence-electron chi connectivity index (χ1n) is 9.01. The van der Waals surface area contributed by atoms with Crippen LogP contribution in [0.3, 0.4) is 0 Å². The van der Waals surface area contributed by atoms with Gasteiger partial charge in [-0.2, -0.15) is 5.10 Å². The van der Waals surface area contributed by atoms with Gasteiger partial charge in [-0.05, 0) is 43.0 Å². The lowest BCUT2D eigenvalue weighted by molar-refractivity contribution is 0.0724. The Labute approximate surface area is 152 Å². The van der Waals surface area contributed by atoms with Crippen molar-refractivity contribution in [2.24, 2.45) is 0 Å². The van der Waals surface area contributed by atoms with Crippen LogP contribution in [-0.4, -0.2) is 34.1 Å². The number of piperidine rings is 1. The number of anilines is 1. The van der Waals surface area contributed by atoms with Crippen molar-refractivity contribution in [2.45, 2.75) is 19.3 Å². The lowest BCUT2D eigenvalue weighted by Gasteiger charge is -2.26. The minimum absolute atomic E-state index is 0.0978. The molecule has 132 valence electrons. The molecule has 0 bridgehead atoms. The Bertz CT molecular complexity index is 939. The van der Waals surface area contributed by atoms with Gasteiger partial charge in [-0.1, -0.05) is 36.9 Å². The zero-order chi connectivity index (χ0) is 17.9. The maximum absolute atomic E-state index is 12.8. The van der Waals surface area contributed by atoms with Crippen LogP contribution in [0, 0.1) is 0 Å². The van der Waals surface area contributed by atoms with Gasteiger partial charge in [0, 0.05) is 29.7 Å². The van der Waals surface area contributed by atoms with E-state index in [1.807, 2.05) is 53.4 Å². The van der Waals surface area contributed by atoms with E-state index in [1.165, 1.54) is 6.42 Å². The van der Waals surface area contributed by atoms with Gasteiger partial charge in [-0.15, -0.1) is 0 Å². The van der Waals surface area contributed by atoms with E-state index < -0.39 is 0 Å². The lowest BCUT2D eigenvalue weighted by atomic mass is 10.1. The zero-order valence-electron chi connectivity index (χ0n) is 14.7. The summed E-state index contributed by atoms with van der Waals surface area (Å²) < 4.78 is 0. The van der Waals surface area contributed by atoms with E-state index in [1.54, 1.807) is 0 Å². The number of amides is 1. The molecule has 26 heavy (non-hydrogen) atoms. The fraction of sp³-hybridized carbons (Fsp3) is 0.238. The third-order valence-corrected chi connectivity index (χ3v) is 4.84. The maximum Gasteiger partial charge on any atom is 0.253 e. The summed E-state index contributed by atoms with van der Waals surface area (Å²) in [7, 11) is 0. The molecule has 2 aromatic carbocycles.